The number of nitrogens with one attached hydrogen (secondary N) is 1. The Bertz CT molecular complexity index is 1340. The summed E-state index contributed by atoms with van der Waals surface area (Å²) in [6.45, 7) is 0. The second-order valence-corrected chi connectivity index (χ2v) is 8.14. The predicted octanol–water partition coefficient (Wildman–Crippen LogP) is 5.01. The van der Waals surface area contributed by atoms with Crippen LogP contribution in [-0.4, -0.2) is 28.3 Å². The monoisotopic (exact) mass is 471 g/mol. The van der Waals surface area contributed by atoms with Crippen molar-refractivity contribution in [2.75, 3.05) is 12.0 Å². The summed E-state index contributed by atoms with van der Waals surface area (Å²) in [7, 11) is 1.35. The van der Waals surface area contributed by atoms with Crippen LogP contribution in [0.15, 0.2) is 89.5 Å². The molecule has 170 valence electrons. The molecule has 5 rings (SSSR count). The van der Waals surface area contributed by atoms with Gasteiger partial charge in [-0.25, -0.2) is 4.79 Å². The number of ether oxygens (including phenoxy) is 1. The van der Waals surface area contributed by atoms with Crippen LogP contribution in [0.25, 0.3) is 11.3 Å². The number of aromatic hydroxyl groups is 1. The smallest absolute Gasteiger partial charge is 0.338 e. The Hall–Kier alpha value is -4.17. The summed E-state index contributed by atoms with van der Waals surface area (Å²) in [5.41, 5.74) is 2.66. The zero-order valence-electron chi connectivity index (χ0n) is 18.2. The lowest BCUT2D eigenvalue weighted by molar-refractivity contribution is 0.0601. The third-order valence-corrected chi connectivity index (χ3v) is 6.06. The SMILES string of the molecule is COC(=O)c1ccccc1-c1ccc(C2C(c3ccccn3)NC(=S)N2c2ccc(O)cc2)o1. The van der Waals surface area contributed by atoms with E-state index in [2.05, 4.69) is 10.3 Å². The average Bonchev–Trinajstić information content (AvgIpc) is 3.49. The molecule has 3 heterocycles. The van der Waals surface area contributed by atoms with Crippen molar-refractivity contribution in [2.45, 2.75) is 12.1 Å². The molecule has 0 aliphatic carbocycles. The summed E-state index contributed by atoms with van der Waals surface area (Å²) >= 11 is 5.70. The first-order valence-electron chi connectivity index (χ1n) is 10.6. The maximum absolute atomic E-state index is 12.3. The number of phenols is 1. The van der Waals surface area contributed by atoms with E-state index in [1.165, 1.54) is 7.11 Å². The molecule has 1 fully saturated rings. The highest BCUT2D eigenvalue weighted by Crippen LogP contribution is 2.43. The number of carbonyl (C=O) groups excluding carboxylic acids is 1. The number of pyridine rings is 1. The van der Waals surface area contributed by atoms with Crippen molar-refractivity contribution in [1.29, 1.82) is 0 Å². The quantitative estimate of drug-likeness (QED) is 0.310. The molecule has 4 aromatic rings. The summed E-state index contributed by atoms with van der Waals surface area (Å²) in [5.74, 6) is 0.915. The molecule has 0 bridgehead atoms. The van der Waals surface area contributed by atoms with Gasteiger partial charge < -0.3 is 24.5 Å². The van der Waals surface area contributed by atoms with Crippen molar-refractivity contribution in [1.82, 2.24) is 10.3 Å². The van der Waals surface area contributed by atoms with Gasteiger partial charge in [0, 0.05) is 17.4 Å². The summed E-state index contributed by atoms with van der Waals surface area (Å²) in [6, 6.07) is 22.8. The van der Waals surface area contributed by atoms with Crippen LogP contribution in [0, 0.1) is 0 Å². The Balaban J connectivity index is 1.60. The number of benzene rings is 2. The number of hydrogen-bond acceptors (Lipinski definition) is 6. The van der Waals surface area contributed by atoms with Crippen molar-refractivity contribution in [3.63, 3.8) is 0 Å². The fraction of sp³-hybridized carbons (Fsp3) is 0.115. The number of anilines is 1. The van der Waals surface area contributed by atoms with Gasteiger partial charge in [0.25, 0.3) is 0 Å². The Morgan fingerprint density at radius 3 is 2.56 bits per heavy atom. The van der Waals surface area contributed by atoms with Gasteiger partial charge in [-0.15, -0.1) is 0 Å². The van der Waals surface area contributed by atoms with Crippen molar-refractivity contribution >= 4 is 29.0 Å². The van der Waals surface area contributed by atoms with Crippen molar-refractivity contribution < 1.29 is 19.1 Å². The number of thiocarbonyl (C=S) groups is 1. The van der Waals surface area contributed by atoms with E-state index >= 15 is 0 Å². The fourth-order valence-corrected chi connectivity index (χ4v) is 4.52. The number of phenolic OH excluding ortho intramolecular Hbond substituents is 1. The third-order valence-electron chi connectivity index (χ3n) is 5.74. The maximum atomic E-state index is 12.3. The Morgan fingerprint density at radius 1 is 1.06 bits per heavy atom. The molecule has 7 nitrogen and oxygen atoms in total. The van der Waals surface area contributed by atoms with Crippen LogP contribution < -0.4 is 10.2 Å². The van der Waals surface area contributed by atoms with Crippen LogP contribution in [0.1, 0.15) is 33.9 Å². The largest absolute Gasteiger partial charge is 0.508 e. The lowest BCUT2D eigenvalue weighted by Crippen LogP contribution is -2.29. The number of aromatic nitrogens is 1. The number of rotatable bonds is 5. The first kappa shape index (κ1) is 21.7. The van der Waals surface area contributed by atoms with Gasteiger partial charge in [-0.05, 0) is 66.8 Å². The van der Waals surface area contributed by atoms with E-state index in [1.54, 1.807) is 42.6 Å². The molecule has 2 aromatic heterocycles. The molecule has 1 aliphatic rings. The number of hydrogen-bond donors (Lipinski definition) is 2. The number of furan rings is 1. The van der Waals surface area contributed by atoms with Gasteiger partial charge in [-0.3, -0.25) is 4.98 Å². The summed E-state index contributed by atoms with van der Waals surface area (Å²) in [6.07, 6.45) is 1.74. The standard InChI is InChI=1S/C26H21N3O4S/c1-32-25(31)19-7-3-2-6-18(19)21-13-14-22(33-21)24-23(20-8-4-5-15-27-20)28-26(34)29(24)16-9-11-17(30)12-10-16/h2-15,23-24,30H,1H3,(H,28,34). The molecule has 8 heteroatoms. The number of nitrogens with zero attached hydrogens (tertiary/aromatic N) is 2. The second kappa shape index (κ2) is 8.99. The zero-order chi connectivity index (χ0) is 23.7. The van der Waals surface area contributed by atoms with Crippen molar-refractivity contribution in [3.05, 3.63) is 102 Å². The molecular weight excluding hydrogens is 450 g/mol. The summed E-state index contributed by atoms with van der Waals surface area (Å²) in [5, 5.41) is 13.6. The van der Waals surface area contributed by atoms with Crippen LogP contribution in [0.4, 0.5) is 5.69 Å². The molecule has 0 radical (unpaired) electrons. The van der Waals surface area contributed by atoms with Gasteiger partial charge >= 0.3 is 5.97 Å². The maximum Gasteiger partial charge on any atom is 0.338 e. The first-order valence-corrected chi connectivity index (χ1v) is 11.0. The van der Waals surface area contributed by atoms with E-state index in [9.17, 15) is 9.90 Å². The summed E-state index contributed by atoms with van der Waals surface area (Å²) in [4.78, 5) is 18.8. The Kier molecular flexibility index (Phi) is 5.73. The zero-order valence-corrected chi connectivity index (χ0v) is 19.0. The second-order valence-electron chi connectivity index (χ2n) is 7.75. The van der Waals surface area contributed by atoms with Crippen LogP contribution in [-0.2, 0) is 4.74 Å². The van der Waals surface area contributed by atoms with E-state index in [4.69, 9.17) is 21.4 Å². The molecule has 0 saturated carbocycles. The predicted molar refractivity (Wildman–Crippen MR) is 132 cm³/mol. The van der Waals surface area contributed by atoms with E-state index < -0.39 is 5.97 Å². The van der Waals surface area contributed by atoms with E-state index in [-0.39, 0.29) is 17.8 Å². The number of esters is 1. The van der Waals surface area contributed by atoms with Crippen LogP contribution >= 0.6 is 12.2 Å². The molecule has 2 aromatic carbocycles. The van der Waals surface area contributed by atoms with Gasteiger partial charge in [0.2, 0.25) is 0 Å². The van der Waals surface area contributed by atoms with Crippen molar-refractivity contribution in [3.8, 4) is 17.1 Å². The lowest BCUT2D eigenvalue weighted by atomic mass is 10.0. The van der Waals surface area contributed by atoms with Gasteiger partial charge in [-0.2, -0.15) is 0 Å². The Morgan fingerprint density at radius 2 is 1.82 bits per heavy atom. The van der Waals surface area contributed by atoms with Gasteiger partial charge in [0.1, 0.15) is 23.3 Å². The van der Waals surface area contributed by atoms with Gasteiger partial charge in [0.05, 0.1) is 24.4 Å². The molecule has 2 N–H and O–H groups in total. The van der Waals surface area contributed by atoms with Crippen molar-refractivity contribution in [2.24, 2.45) is 0 Å². The molecular formula is C26H21N3O4S. The molecule has 0 spiro atoms. The number of methoxy groups -OCH3 is 1. The van der Waals surface area contributed by atoms with Crippen LogP contribution in [0.3, 0.4) is 0 Å². The molecule has 34 heavy (non-hydrogen) atoms. The highest BCUT2D eigenvalue weighted by Gasteiger charge is 2.42. The lowest BCUT2D eigenvalue weighted by Gasteiger charge is -2.26. The fourth-order valence-electron chi connectivity index (χ4n) is 4.18. The number of carbonyl (C=O) groups is 1. The van der Waals surface area contributed by atoms with Crippen LogP contribution in [0.5, 0.6) is 5.75 Å². The molecule has 1 saturated heterocycles. The van der Waals surface area contributed by atoms with E-state index in [0.717, 1.165) is 11.4 Å². The molecule has 2 unspecified atom stereocenters. The van der Waals surface area contributed by atoms with Gasteiger partial charge in [0.15, 0.2) is 5.11 Å². The minimum absolute atomic E-state index is 0.166. The first-order chi connectivity index (χ1) is 16.6. The molecule has 0 amide bonds. The topological polar surface area (TPSA) is 87.8 Å². The minimum Gasteiger partial charge on any atom is -0.508 e. The van der Waals surface area contributed by atoms with E-state index in [0.29, 0.717) is 27.8 Å². The molecule has 2 atom stereocenters. The van der Waals surface area contributed by atoms with Gasteiger partial charge in [-0.1, -0.05) is 24.3 Å². The minimum atomic E-state index is -0.436. The highest BCUT2D eigenvalue weighted by molar-refractivity contribution is 7.80. The van der Waals surface area contributed by atoms with Crippen LogP contribution in [0.2, 0.25) is 0 Å². The highest BCUT2D eigenvalue weighted by atomic mass is 32.1. The third kappa shape index (κ3) is 3.88. The van der Waals surface area contributed by atoms with E-state index in [1.807, 2.05) is 47.4 Å². The average molecular weight is 472 g/mol. The summed E-state index contributed by atoms with van der Waals surface area (Å²) < 4.78 is 11.3. The Labute approximate surface area is 201 Å². The molecule has 1 aliphatic heterocycles. The normalized spacial score (nSPS) is 17.4.